The van der Waals surface area contributed by atoms with Crippen LogP contribution in [0.1, 0.15) is 40.9 Å². The lowest BCUT2D eigenvalue weighted by atomic mass is 10.0. The standard InChI is InChI=1S/C27H31F2N5O3/c1-16-10-20(13-22(28)25(16)29)37-17(2)21-11-18(27(35)33(3)19-4-5-30-14-19)12-23-26(21)32-24(15-31-23)34-6-8-36-9-7-34/h10-13,15,17,19,30H,4-9,14H2,1-3H3. The number of nitrogens with zero attached hydrogens (tertiary/aromatic N) is 4. The van der Waals surface area contributed by atoms with Crippen molar-refractivity contribution in [3.63, 3.8) is 0 Å². The van der Waals surface area contributed by atoms with Crippen molar-refractivity contribution in [1.29, 1.82) is 0 Å². The molecule has 0 bridgehead atoms. The first-order chi connectivity index (χ1) is 17.8. The molecule has 3 heterocycles. The molecule has 196 valence electrons. The summed E-state index contributed by atoms with van der Waals surface area (Å²) in [5.74, 6) is -1.09. The highest BCUT2D eigenvalue weighted by molar-refractivity contribution is 5.98. The van der Waals surface area contributed by atoms with E-state index in [1.54, 1.807) is 37.2 Å². The van der Waals surface area contributed by atoms with Crippen LogP contribution < -0.4 is 15.0 Å². The van der Waals surface area contributed by atoms with Gasteiger partial charge < -0.3 is 24.6 Å². The summed E-state index contributed by atoms with van der Waals surface area (Å²) in [5.41, 5.74) is 2.42. The highest BCUT2D eigenvalue weighted by Crippen LogP contribution is 2.31. The van der Waals surface area contributed by atoms with Crippen LogP contribution >= 0.6 is 0 Å². The number of halogens is 2. The van der Waals surface area contributed by atoms with Gasteiger partial charge in [-0.15, -0.1) is 0 Å². The van der Waals surface area contributed by atoms with Gasteiger partial charge in [0.05, 0.1) is 30.4 Å². The Labute approximate surface area is 214 Å². The molecule has 2 atom stereocenters. The second kappa shape index (κ2) is 10.5. The normalized spacial score (nSPS) is 18.7. The minimum atomic E-state index is -0.975. The SMILES string of the molecule is Cc1cc(OC(C)c2cc(C(=O)N(C)C3CCNC3)cc3ncc(N4CCOCC4)nc23)cc(F)c1F. The summed E-state index contributed by atoms with van der Waals surface area (Å²) in [5, 5.41) is 3.29. The van der Waals surface area contributed by atoms with E-state index in [9.17, 15) is 13.6 Å². The third-order valence-electron chi connectivity index (χ3n) is 7.08. The fraction of sp³-hybridized carbons (Fsp3) is 0.444. The fourth-order valence-corrected chi connectivity index (χ4v) is 4.88. The van der Waals surface area contributed by atoms with Crippen LogP contribution in [0.2, 0.25) is 0 Å². The van der Waals surface area contributed by atoms with Crippen molar-refractivity contribution < 1.29 is 23.0 Å². The van der Waals surface area contributed by atoms with Gasteiger partial charge in [-0.1, -0.05) is 0 Å². The fourth-order valence-electron chi connectivity index (χ4n) is 4.88. The van der Waals surface area contributed by atoms with Gasteiger partial charge in [-0.3, -0.25) is 9.78 Å². The van der Waals surface area contributed by atoms with Crippen molar-refractivity contribution in [1.82, 2.24) is 20.2 Å². The zero-order valence-corrected chi connectivity index (χ0v) is 21.3. The molecule has 1 amide bonds. The largest absolute Gasteiger partial charge is 0.486 e. The first kappa shape index (κ1) is 25.3. The molecule has 2 aliphatic rings. The first-order valence-corrected chi connectivity index (χ1v) is 12.6. The van der Waals surface area contributed by atoms with Crippen molar-refractivity contribution in [2.75, 3.05) is 51.3 Å². The van der Waals surface area contributed by atoms with E-state index in [1.165, 1.54) is 13.0 Å². The van der Waals surface area contributed by atoms with E-state index in [0.29, 0.717) is 54.3 Å². The molecule has 2 saturated heterocycles. The summed E-state index contributed by atoms with van der Waals surface area (Å²) in [6.07, 6.45) is 1.98. The Morgan fingerprint density at radius 3 is 2.73 bits per heavy atom. The molecule has 2 aromatic carbocycles. The van der Waals surface area contributed by atoms with Gasteiger partial charge in [0.15, 0.2) is 11.6 Å². The third-order valence-corrected chi connectivity index (χ3v) is 7.08. The summed E-state index contributed by atoms with van der Waals surface area (Å²) in [6.45, 7) is 7.53. The van der Waals surface area contributed by atoms with Crippen molar-refractivity contribution in [2.24, 2.45) is 0 Å². The van der Waals surface area contributed by atoms with E-state index < -0.39 is 17.7 Å². The Morgan fingerprint density at radius 1 is 1.24 bits per heavy atom. The topological polar surface area (TPSA) is 79.8 Å². The van der Waals surface area contributed by atoms with Gasteiger partial charge in [-0.05, 0) is 50.6 Å². The van der Waals surface area contributed by atoms with Gasteiger partial charge in [0.1, 0.15) is 17.7 Å². The highest BCUT2D eigenvalue weighted by Gasteiger charge is 2.26. The molecule has 8 nitrogen and oxygen atoms in total. The van der Waals surface area contributed by atoms with Gasteiger partial charge in [-0.2, -0.15) is 0 Å². The molecule has 10 heteroatoms. The Kier molecular flexibility index (Phi) is 7.21. The van der Waals surface area contributed by atoms with Gasteiger partial charge >= 0.3 is 0 Å². The van der Waals surface area contributed by atoms with Crippen molar-refractivity contribution >= 4 is 22.8 Å². The lowest BCUT2D eigenvalue weighted by molar-refractivity contribution is 0.0743. The predicted molar refractivity (Wildman–Crippen MR) is 136 cm³/mol. The number of carbonyl (C=O) groups is 1. The summed E-state index contributed by atoms with van der Waals surface area (Å²) in [6, 6.07) is 6.13. The van der Waals surface area contributed by atoms with Gasteiger partial charge in [-0.25, -0.2) is 13.8 Å². The Bertz CT molecular complexity index is 1290. The maximum absolute atomic E-state index is 14.1. The van der Waals surface area contributed by atoms with Gasteiger partial charge in [0.2, 0.25) is 0 Å². The Morgan fingerprint density at radius 2 is 2.03 bits per heavy atom. The van der Waals surface area contributed by atoms with Crippen LogP contribution in [0.15, 0.2) is 30.5 Å². The van der Waals surface area contributed by atoms with E-state index in [2.05, 4.69) is 15.2 Å². The number of hydrogen-bond acceptors (Lipinski definition) is 7. The average Bonchev–Trinajstić information content (AvgIpc) is 3.45. The molecule has 0 saturated carbocycles. The van der Waals surface area contributed by atoms with Crippen molar-refractivity contribution in [3.05, 3.63) is 58.8 Å². The summed E-state index contributed by atoms with van der Waals surface area (Å²) in [4.78, 5) is 26.8. The number of likely N-dealkylation sites (N-methyl/N-ethyl adjacent to an activating group) is 1. The number of nitrogens with one attached hydrogen (secondary N) is 1. The van der Waals surface area contributed by atoms with Gasteiger partial charge in [0, 0.05) is 49.9 Å². The maximum atomic E-state index is 14.1. The molecule has 1 aromatic heterocycles. The zero-order chi connectivity index (χ0) is 26.1. The van der Waals surface area contributed by atoms with Crippen molar-refractivity contribution in [2.45, 2.75) is 32.4 Å². The summed E-state index contributed by atoms with van der Waals surface area (Å²) >= 11 is 0. The third kappa shape index (κ3) is 5.21. The molecule has 2 fully saturated rings. The monoisotopic (exact) mass is 511 g/mol. The molecule has 1 N–H and O–H groups in total. The van der Waals surface area contributed by atoms with E-state index in [0.717, 1.165) is 25.6 Å². The molecule has 0 spiro atoms. The first-order valence-electron chi connectivity index (χ1n) is 12.6. The smallest absolute Gasteiger partial charge is 0.253 e. The number of fused-ring (bicyclic) bond motifs is 1. The number of rotatable bonds is 6. The molecule has 0 radical (unpaired) electrons. The maximum Gasteiger partial charge on any atom is 0.253 e. The van der Waals surface area contributed by atoms with E-state index in [-0.39, 0.29) is 23.3 Å². The molecular weight excluding hydrogens is 480 g/mol. The molecule has 0 aliphatic carbocycles. The Hall–Kier alpha value is -3.37. The number of hydrogen-bond donors (Lipinski definition) is 1. The van der Waals surface area contributed by atoms with Gasteiger partial charge in [0.25, 0.3) is 5.91 Å². The number of amides is 1. The van der Waals surface area contributed by atoms with Crippen LogP contribution in [0.3, 0.4) is 0 Å². The quantitative estimate of drug-likeness (QED) is 0.542. The lowest BCUT2D eigenvalue weighted by Crippen LogP contribution is -2.38. The molecule has 5 rings (SSSR count). The number of aryl methyl sites for hydroxylation is 1. The molecule has 2 aliphatic heterocycles. The number of anilines is 1. The van der Waals surface area contributed by atoms with Crippen molar-refractivity contribution in [3.8, 4) is 5.75 Å². The lowest BCUT2D eigenvalue weighted by Gasteiger charge is -2.28. The van der Waals surface area contributed by atoms with Crippen LogP contribution in [-0.4, -0.2) is 73.3 Å². The summed E-state index contributed by atoms with van der Waals surface area (Å²) in [7, 11) is 1.81. The van der Waals surface area contributed by atoms with Crippen LogP contribution in [-0.2, 0) is 4.74 Å². The number of ether oxygens (including phenoxy) is 2. The molecular formula is C27H31F2N5O3. The number of benzene rings is 2. The number of aromatic nitrogens is 2. The van der Waals surface area contributed by atoms with Crippen LogP contribution in [0.4, 0.5) is 14.6 Å². The highest BCUT2D eigenvalue weighted by atomic mass is 19.2. The predicted octanol–water partition coefficient (Wildman–Crippen LogP) is 3.63. The minimum absolute atomic E-state index is 0.111. The minimum Gasteiger partial charge on any atom is -0.486 e. The van der Waals surface area contributed by atoms with Crippen LogP contribution in [0.25, 0.3) is 11.0 Å². The zero-order valence-electron chi connectivity index (χ0n) is 21.3. The molecule has 2 unspecified atom stereocenters. The summed E-state index contributed by atoms with van der Waals surface area (Å²) < 4.78 is 39.4. The van der Waals surface area contributed by atoms with Crippen LogP contribution in [0, 0.1) is 18.6 Å². The van der Waals surface area contributed by atoms with E-state index >= 15 is 0 Å². The van der Waals surface area contributed by atoms with E-state index in [4.69, 9.17) is 14.5 Å². The number of carbonyl (C=O) groups excluding carboxylic acids is 1. The second-order valence-electron chi connectivity index (χ2n) is 9.62. The van der Waals surface area contributed by atoms with Crippen LogP contribution in [0.5, 0.6) is 5.75 Å². The second-order valence-corrected chi connectivity index (χ2v) is 9.62. The Balaban J connectivity index is 1.55. The van der Waals surface area contributed by atoms with E-state index in [1.807, 2.05) is 0 Å². The molecule has 37 heavy (non-hydrogen) atoms. The number of morpholine rings is 1. The average molecular weight is 512 g/mol. The molecule has 3 aromatic rings.